The summed E-state index contributed by atoms with van der Waals surface area (Å²) in [6.07, 6.45) is 0.0259. The molecule has 3 aromatic rings. The molecule has 0 aliphatic heterocycles. The second-order valence-electron chi connectivity index (χ2n) is 6.02. The summed E-state index contributed by atoms with van der Waals surface area (Å²) in [4.78, 5) is 27.6. The van der Waals surface area contributed by atoms with E-state index in [9.17, 15) is 14.0 Å². The molecule has 0 fully saturated rings. The average molecular weight is 367 g/mol. The van der Waals surface area contributed by atoms with Crippen LogP contribution in [-0.2, 0) is 16.0 Å². The van der Waals surface area contributed by atoms with Crippen LogP contribution in [0.25, 0.3) is 11.5 Å². The van der Waals surface area contributed by atoms with Crippen LogP contribution in [0.3, 0.4) is 0 Å². The van der Waals surface area contributed by atoms with E-state index in [1.807, 2.05) is 0 Å². The highest BCUT2D eigenvalue weighted by Gasteiger charge is 2.15. The van der Waals surface area contributed by atoms with Crippen LogP contribution in [0.1, 0.15) is 18.4 Å². The molecular weight excluding hydrogens is 349 g/mol. The van der Waals surface area contributed by atoms with Crippen molar-refractivity contribution in [1.29, 1.82) is 0 Å². The first kappa shape index (κ1) is 18.3. The second kappa shape index (κ2) is 7.82. The zero-order chi connectivity index (χ0) is 19.4. The van der Waals surface area contributed by atoms with E-state index in [0.29, 0.717) is 28.4 Å². The van der Waals surface area contributed by atoms with Gasteiger partial charge in [0, 0.05) is 23.9 Å². The molecule has 0 atom stereocenters. The van der Waals surface area contributed by atoms with Crippen LogP contribution in [0.15, 0.2) is 52.9 Å². The zero-order valence-corrected chi connectivity index (χ0v) is 14.9. The van der Waals surface area contributed by atoms with Crippen molar-refractivity contribution < 1.29 is 18.4 Å². The van der Waals surface area contributed by atoms with Gasteiger partial charge in [-0.3, -0.25) is 9.59 Å². The van der Waals surface area contributed by atoms with E-state index in [-0.39, 0.29) is 29.9 Å². The van der Waals surface area contributed by atoms with Gasteiger partial charge in [-0.2, -0.15) is 0 Å². The number of oxazole rings is 1. The third-order valence-corrected chi connectivity index (χ3v) is 3.78. The van der Waals surface area contributed by atoms with Gasteiger partial charge in [-0.1, -0.05) is 6.07 Å². The fourth-order valence-corrected chi connectivity index (χ4v) is 2.53. The monoisotopic (exact) mass is 367 g/mol. The summed E-state index contributed by atoms with van der Waals surface area (Å²) in [5.41, 5.74) is 2.24. The highest BCUT2D eigenvalue weighted by Crippen LogP contribution is 2.23. The molecule has 1 aromatic heterocycles. The van der Waals surface area contributed by atoms with Gasteiger partial charge in [0.2, 0.25) is 17.7 Å². The quantitative estimate of drug-likeness (QED) is 0.716. The predicted molar refractivity (Wildman–Crippen MR) is 99.7 cm³/mol. The molecule has 2 aromatic carbocycles. The zero-order valence-electron chi connectivity index (χ0n) is 14.9. The van der Waals surface area contributed by atoms with Crippen LogP contribution in [-0.4, -0.2) is 16.8 Å². The molecule has 0 saturated heterocycles. The number of anilines is 2. The smallest absolute Gasteiger partial charge is 0.230 e. The Hall–Kier alpha value is -3.48. The molecule has 0 aliphatic rings. The topological polar surface area (TPSA) is 84.2 Å². The van der Waals surface area contributed by atoms with Crippen LogP contribution >= 0.6 is 0 Å². The van der Waals surface area contributed by atoms with Crippen LogP contribution in [0.5, 0.6) is 0 Å². The molecule has 0 unspecified atom stereocenters. The highest BCUT2D eigenvalue weighted by atomic mass is 19.1. The standard InChI is InChI=1S/C20H18FN3O3/c1-12-18(24-20(27-12)14-4-3-5-15(21)10-14)11-19(26)23-17-8-6-16(7-9-17)22-13(2)25/h3-10H,11H2,1-2H3,(H,22,25)(H,23,26). The molecule has 27 heavy (non-hydrogen) atoms. The maximum atomic E-state index is 13.4. The van der Waals surface area contributed by atoms with E-state index in [2.05, 4.69) is 15.6 Å². The molecule has 2 N–H and O–H groups in total. The average Bonchev–Trinajstić information content (AvgIpc) is 2.97. The normalized spacial score (nSPS) is 10.5. The van der Waals surface area contributed by atoms with Gasteiger partial charge in [0.1, 0.15) is 11.6 Å². The number of carbonyl (C=O) groups is 2. The van der Waals surface area contributed by atoms with Crippen molar-refractivity contribution in [2.75, 3.05) is 10.6 Å². The lowest BCUT2D eigenvalue weighted by Gasteiger charge is -2.06. The Morgan fingerprint density at radius 3 is 2.37 bits per heavy atom. The van der Waals surface area contributed by atoms with Crippen molar-refractivity contribution in [3.63, 3.8) is 0 Å². The van der Waals surface area contributed by atoms with Gasteiger partial charge < -0.3 is 15.1 Å². The van der Waals surface area contributed by atoms with E-state index >= 15 is 0 Å². The first-order valence-corrected chi connectivity index (χ1v) is 8.30. The molecule has 7 heteroatoms. The number of rotatable bonds is 5. The Kier molecular flexibility index (Phi) is 5.30. The van der Waals surface area contributed by atoms with Crippen molar-refractivity contribution in [2.45, 2.75) is 20.3 Å². The molecule has 0 bridgehead atoms. The Balaban J connectivity index is 1.66. The molecule has 1 heterocycles. The Labute approximate surface area is 155 Å². The molecule has 0 spiro atoms. The first-order chi connectivity index (χ1) is 12.9. The third kappa shape index (κ3) is 4.78. The fourth-order valence-electron chi connectivity index (χ4n) is 2.53. The van der Waals surface area contributed by atoms with Crippen LogP contribution < -0.4 is 10.6 Å². The number of aromatic nitrogens is 1. The van der Waals surface area contributed by atoms with Crippen LogP contribution in [0, 0.1) is 12.7 Å². The van der Waals surface area contributed by atoms with Crippen LogP contribution in [0.2, 0.25) is 0 Å². The number of halogens is 1. The van der Waals surface area contributed by atoms with Crippen molar-refractivity contribution in [3.8, 4) is 11.5 Å². The summed E-state index contributed by atoms with van der Waals surface area (Å²) < 4.78 is 18.9. The molecule has 0 aliphatic carbocycles. The van der Waals surface area contributed by atoms with E-state index in [4.69, 9.17) is 4.42 Å². The van der Waals surface area contributed by atoms with Gasteiger partial charge >= 0.3 is 0 Å². The second-order valence-corrected chi connectivity index (χ2v) is 6.02. The third-order valence-electron chi connectivity index (χ3n) is 3.78. The van der Waals surface area contributed by atoms with E-state index in [0.717, 1.165) is 0 Å². The van der Waals surface area contributed by atoms with Gasteiger partial charge in [-0.05, 0) is 49.4 Å². The summed E-state index contributed by atoms with van der Waals surface area (Å²) in [5, 5.41) is 5.42. The van der Waals surface area contributed by atoms with Crippen molar-refractivity contribution in [1.82, 2.24) is 4.98 Å². The molecule has 6 nitrogen and oxygen atoms in total. The Morgan fingerprint density at radius 2 is 1.74 bits per heavy atom. The summed E-state index contributed by atoms with van der Waals surface area (Å²) in [5.74, 6) is -0.0305. The minimum atomic E-state index is -0.384. The number of benzene rings is 2. The summed E-state index contributed by atoms with van der Waals surface area (Å²) >= 11 is 0. The van der Waals surface area contributed by atoms with Gasteiger partial charge in [-0.15, -0.1) is 0 Å². The fraction of sp³-hybridized carbons (Fsp3) is 0.150. The number of aryl methyl sites for hydroxylation is 1. The minimum absolute atomic E-state index is 0.0259. The van der Waals surface area contributed by atoms with E-state index in [1.54, 1.807) is 43.3 Å². The number of hydrogen-bond acceptors (Lipinski definition) is 4. The molecule has 2 amide bonds. The van der Waals surface area contributed by atoms with Crippen molar-refractivity contribution >= 4 is 23.2 Å². The van der Waals surface area contributed by atoms with E-state index < -0.39 is 0 Å². The molecule has 3 rings (SSSR count). The maximum absolute atomic E-state index is 13.4. The van der Waals surface area contributed by atoms with Gasteiger partial charge in [0.25, 0.3) is 0 Å². The Morgan fingerprint density at radius 1 is 1.07 bits per heavy atom. The number of carbonyl (C=O) groups excluding carboxylic acids is 2. The number of hydrogen-bond donors (Lipinski definition) is 2. The molecule has 0 radical (unpaired) electrons. The van der Waals surface area contributed by atoms with Crippen molar-refractivity contribution in [3.05, 3.63) is 65.8 Å². The lowest BCUT2D eigenvalue weighted by molar-refractivity contribution is -0.116. The number of nitrogens with zero attached hydrogens (tertiary/aromatic N) is 1. The summed E-state index contributed by atoms with van der Waals surface area (Å²) in [6, 6.07) is 12.7. The first-order valence-electron chi connectivity index (χ1n) is 8.30. The van der Waals surface area contributed by atoms with Gasteiger partial charge in [0.05, 0.1) is 12.1 Å². The molecule has 0 saturated carbocycles. The molecular formula is C20H18FN3O3. The Bertz CT molecular complexity index is 980. The summed E-state index contributed by atoms with van der Waals surface area (Å²) in [6.45, 7) is 3.13. The largest absolute Gasteiger partial charge is 0.441 e. The molecule has 138 valence electrons. The number of amides is 2. The highest BCUT2D eigenvalue weighted by molar-refractivity contribution is 5.93. The minimum Gasteiger partial charge on any atom is -0.441 e. The number of nitrogens with one attached hydrogen (secondary N) is 2. The lowest BCUT2D eigenvalue weighted by atomic mass is 10.2. The van der Waals surface area contributed by atoms with Gasteiger partial charge in [0.15, 0.2) is 0 Å². The maximum Gasteiger partial charge on any atom is 0.230 e. The van der Waals surface area contributed by atoms with Crippen LogP contribution in [0.4, 0.5) is 15.8 Å². The van der Waals surface area contributed by atoms with Crippen molar-refractivity contribution in [2.24, 2.45) is 0 Å². The lowest BCUT2D eigenvalue weighted by Crippen LogP contribution is -2.15. The summed E-state index contributed by atoms with van der Waals surface area (Å²) in [7, 11) is 0. The predicted octanol–water partition coefficient (Wildman–Crippen LogP) is 3.93. The van der Waals surface area contributed by atoms with Gasteiger partial charge in [-0.25, -0.2) is 9.37 Å². The SMILES string of the molecule is CC(=O)Nc1ccc(NC(=O)Cc2nc(-c3cccc(F)c3)oc2C)cc1. The van der Waals surface area contributed by atoms with E-state index in [1.165, 1.54) is 19.1 Å².